The molecule has 3 nitrogen and oxygen atoms in total. The number of oxime groups is 1. The highest BCUT2D eigenvalue weighted by atomic mass is 19.4. The van der Waals surface area contributed by atoms with Gasteiger partial charge in [-0.2, -0.15) is 13.2 Å². The van der Waals surface area contributed by atoms with Crippen LogP contribution in [0.4, 0.5) is 13.2 Å². The normalized spacial score (nSPS) is 11.9. The van der Waals surface area contributed by atoms with Crippen LogP contribution in [-0.4, -0.2) is 16.4 Å². The molecule has 2 aromatic rings. The molecule has 0 saturated heterocycles. The fourth-order valence-corrected chi connectivity index (χ4v) is 1.60. The summed E-state index contributed by atoms with van der Waals surface area (Å²) in [6, 6.07) is 9.69. The molecule has 0 fully saturated rings. The van der Waals surface area contributed by atoms with E-state index in [0.717, 1.165) is 18.3 Å². The van der Waals surface area contributed by atoms with Gasteiger partial charge < -0.3 is 5.21 Å². The van der Waals surface area contributed by atoms with E-state index in [-0.39, 0.29) is 0 Å². The number of nitrogens with zero attached hydrogens (tertiary/aromatic N) is 2. The molecule has 0 spiro atoms. The van der Waals surface area contributed by atoms with Crippen LogP contribution in [0.25, 0.3) is 11.3 Å². The van der Waals surface area contributed by atoms with Crippen molar-refractivity contribution in [3.05, 3.63) is 53.7 Å². The first kappa shape index (κ1) is 13.1. The van der Waals surface area contributed by atoms with Crippen molar-refractivity contribution in [1.29, 1.82) is 0 Å². The van der Waals surface area contributed by atoms with Gasteiger partial charge in [-0.05, 0) is 24.3 Å². The highest BCUT2D eigenvalue weighted by Crippen LogP contribution is 2.31. The fraction of sp³-hybridized carbons (Fsp3) is 0.0769. The summed E-state index contributed by atoms with van der Waals surface area (Å²) < 4.78 is 37.8. The minimum Gasteiger partial charge on any atom is -0.411 e. The van der Waals surface area contributed by atoms with Gasteiger partial charge >= 0.3 is 6.18 Å². The Bertz CT molecular complexity index is 609. The van der Waals surface area contributed by atoms with Crippen molar-refractivity contribution in [2.45, 2.75) is 6.18 Å². The van der Waals surface area contributed by atoms with Gasteiger partial charge in [-0.1, -0.05) is 23.4 Å². The summed E-state index contributed by atoms with van der Waals surface area (Å²) in [4.78, 5) is 4.08. The van der Waals surface area contributed by atoms with Gasteiger partial charge in [0.05, 0.1) is 23.2 Å². The number of hydrogen-bond donors (Lipinski definition) is 1. The molecule has 0 atom stereocenters. The molecule has 1 aromatic carbocycles. The van der Waals surface area contributed by atoms with E-state index in [0.29, 0.717) is 17.0 Å². The number of alkyl halides is 3. The Hall–Kier alpha value is -2.37. The van der Waals surface area contributed by atoms with E-state index in [2.05, 4.69) is 10.1 Å². The maximum atomic E-state index is 12.6. The highest BCUT2D eigenvalue weighted by Gasteiger charge is 2.30. The first-order valence-corrected chi connectivity index (χ1v) is 5.33. The minimum absolute atomic E-state index is 0.350. The van der Waals surface area contributed by atoms with E-state index in [1.165, 1.54) is 12.1 Å². The molecule has 0 amide bonds. The van der Waals surface area contributed by atoms with Gasteiger partial charge in [0.1, 0.15) is 0 Å². The van der Waals surface area contributed by atoms with E-state index in [4.69, 9.17) is 5.21 Å². The summed E-state index contributed by atoms with van der Waals surface area (Å²) in [5.74, 6) is 0. The summed E-state index contributed by atoms with van der Waals surface area (Å²) in [6.45, 7) is 0. The molecule has 0 aliphatic carbocycles. The number of aromatic nitrogens is 1. The Balaban J connectivity index is 2.44. The molecule has 6 heteroatoms. The molecular formula is C13H9F3N2O. The highest BCUT2D eigenvalue weighted by molar-refractivity contribution is 5.77. The molecule has 1 aromatic heterocycles. The Morgan fingerprint density at radius 3 is 2.53 bits per heavy atom. The lowest BCUT2D eigenvalue weighted by Gasteiger charge is -2.08. The molecular weight excluding hydrogens is 257 g/mol. The van der Waals surface area contributed by atoms with Crippen LogP contribution in [0.2, 0.25) is 0 Å². The molecule has 19 heavy (non-hydrogen) atoms. The summed E-state index contributed by atoms with van der Waals surface area (Å²) in [6.07, 6.45) is -3.28. The maximum absolute atomic E-state index is 12.6. The number of hydrogen-bond acceptors (Lipinski definition) is 3. The van der Waals surface area contributed by atoms with Crippen LogP contribution in [-0.2, 0) is 6.18 Å². The van der Waals surface area contributed by atoms with Crippen LogP contribution in [0.15, 0.2) is 47.6 Å². The monoisotopic (exact) mass is 266 g/mol. The maximum Gasteiger partial charge on any atom is 0.416 e. The zero-order chi connectivity index (χ0) is 13.9. The number of rotatable bonds is 2. The van der Waals surface area contributed by atoms with E-state index < -0.39 is 11.7 Å². The van der Waals surface area contributed by atoms with Gasteiger partial charge in [0.15, 0.2) is 0 Å². The van der Waals surface area contributed by atoms with Gasteiger partial charge in [0, 0.05) is 5.56 Å². The van der Waals surface area contributed by atoms with E-state index in [9.17, 15) is 13.2 Å². The van der Waals surface area contributed by atoms with Gasteiger partial charge in [-0.25, -0.2) is 4.98 Å². The first-order chi connectivity index (χ1) is 9.00. The van der Waals surface area contributed by atoms with Crippen LogP contribution < -0.4 is 0 Å². The molecule has 0 bridgehead atoms. The van der Waals surface area contributed by atoms with Crippen molar-refractivity contribution >= 4 is 6.21 Å². The van der Waals surface area contributed by atoms with Gasteiger partial charge in [0.2, 0.25) is 0 Å². The zero-order valence-corrected chi connectivity index (χ0v) is 9.59. The molecule has 98 valence electrons. The third-order valence-electron chi connectivity index (χ3n) is 2.45. The quantitative estimate of drug-likeness (QED) is 0.513. The Morgan fingerprint density at radius 2 is 1.84 bits per heavy atom. The smallest absolute Gasteiger partial charge is 0.411 e. The largest absolute Gasteiger partial charge is 0.416 e. The third-order valence-corrected chi connectivity index (χ3v) is 2.45. The van der Waals surface area contributed by atoms with Crippen molar-refractivity contribution < 1.29 is 18.4 Å². The Labute approximate surface area is 107 Å². The Kier molecular flexibility index (Phi) is 3.50. The summed E-state index contributed by atoms with van der Waals surface area (Å²) in [5, 5.41) is 11.2. The molecule has 0 unspecified atom stereocenters. The van der Waals surface area contributed by atoms with Gasteiger partial charge in [-0.15, -0.1) is 0 Å². The fourth-order valence-electron chi connectivity index (χ4n) is 1.60. The van der Waals surface area contributed by atoms with Crippen LogP contribution in [0.1, 0.15) is 11.3 Å². The van der Waals surface area contributed by atoms with E-state index in [1.54, 1.807) is 18.2 Å². The predicted molar refractivity (Wildman–Crippen MR) is 64.1 cm³/mol. The number of benzene rings is 1. The summed E-state index contributed by atoms with van der Waals surface area (Å²) >= 11 is 0. The SMILES string of the molecule is O/N=C/c1cccc(-c2cccc(C(F)(F)F)c2)n1. The number of halogens is 3. The molecule has 0 saturated carbocycles. The second kappa shape index (κ2) is 5.09. The first-order valence-electron chi connectivity index (χ1n) is 5.33. The van der Waals surface area contributed by atoms with Gasteiger partial charge in [-0.3, -0.25) is 0 Å². The van der Waals surface area contributed by atoms with E-state index >= 15 is 0 Å². The standard InChI is InChI=1S/C13H9F3N2O/c14-13(15,16)10-4-1-3-9(7-10)12-6-2-5-11(18-12)8-17-19/h1-8,19H/b17-8+. The van der Waals surface area contributed by atoms with Crippen molar-refractivity contribution in [3.63, 3.8) is 0 Å². The van der Waals surface area contributed by atoms with Crippen LogP contribution in [0, 0.1) is 0 Å². The average molecular weight is 266 g/mol. The van der Waals surface area contributed by atoms with Crippen LogP contribution in [0.5, 0.6) is 0 Å². The Morgan fingerprint density at radius 1 is 1.11 bits per heavy atom. The lowest BCUT2D eigenvalue weighted by molar-refractivity contribution is -0.137. The molecule has 0 aliphatic heterocycles. The lowest BCUT2D eigenvalue weighted by Crippen LogP contribution is -2.04. The van der Waals surface area contributed by atoms with Crippen molar-refractivity contribution in [3.8, 4) is 11.3 Å². The molecule has 0 radical (unpaired) electrons. The zero-order valence-electron chi connectivity index (χ0n) is 9.59. The topological polar surface area (TPSA) is 45.5 Å². The van der Waals surface area contributed by atoms with Crippen LogP contribution >= 0.6 is 0 Å². The predicted octanol–water partition coefficient (Wildman–Crippen LogP) is 3.58. The van der Waals surface area contributed by atoms with Crippen molar-refractivity contribution in [1.82, 2.24) is 4.98 Å². The third kappa shape index (κ3) is 3.09. The summed E-state index contributed by atoms with van der Waals surface area (Å²) in [5.41, 5.74) is 0.358. The van der Waals surface area contributed by atoms with Crippen molar-refractivity contribution in [2.75, 3.05) is 0 Å². The second-order valence-electron chi connectivity index (χ2n) is 3.77. The molecule has 0 aliphatic rings. The summed E-state index contributed by atoms with van der Waals surface area (Å²) in [7, 11) is 0. The molecule has 1 N–H and O–H groups in total. The second-order valence-corrected chi connectivity index (χ2v) is 3.77. The van der Waals surface area contributed by atoms with Crippen molar-refractivity contribution in [2.24, 2.45) is 5.16 Å². The number of pyridine rings is 1. The average Bonchev–Trinajstić information content (AvgIpc) is 2.39. The van der Waals surface area contributed by atoms with E-state index in [1.807, 2.05) is 0 Å². The van der Waals surface area contributed by atoms with Crippen LogP contribution in [0.3, 0.4) is 0 Å². The molecule has 1 heterocycles. The minimum atomic E-state index is -4.39. The molecule has 2 rings (SSSR count). The lowest BCUT2D eigenvalue weighted by atomic mass is 10.1. The van der Waals surface area contributed by atoms with Gasteiger partial charge in [0.25, 0.3) is 0 Å².